The van der Waals surface area contributed by atoms with Gasteiger partial charge in [0, 0.05) is 16.5 Å². The Bertz CT molecular complexity index is 627. The van der Waals surface area contributed by atoms with E-state index in [4.69, 9.17) is 28.2 Å². The number of halogens is 2. The third kappa shape index (κ3) is 3.91. The molecule has 1 heterocycles. The van der Waals surface area contributed by atoms with E-state index < -0.39 is 0 Å². The van der Waals surface area contributed by atoms with Crippen LogP contribution < -0.4 is 0 Å². The smallest absolute Gasteiger partial charge is 0.140 e. The van der Waals surface area contributed by atoms with Crippen molar-refractivity contribution in [2.45, 2.75) is 42.2 Å². The summed E-state index contributed by atoms with van der Waals surface area (Å²) >= 11 is 14.0. The lowest BCUT2D eigenvalue weighted by Crippen LogP contribution is -2.02. The Hall–Kier alpha value is -0.770. The highest BCUT2D eigenvalue weighted by atomic mass is 35.5. The Balaban J connectivity index is 1.74. The molecule has 3 rings (SSSR count). The summed E-state index contributed by atoms with van der Waals surface area (Å²) in [6.45, 7) is 0. The number of hydrogen-bond donors (Lipinski definition) is 0. The molecule has 0 amide bonds. The summed E-state index contributed by atoms with van der Waals surface area (Å²) in [5.41, 5.74) is 1.10. The summed E-state index contributed by atoms with van der Waals surface area (Å²) in [4.78, 5) is 10.1. The van der Waals surface area contributed by atoms with E-state index in [1.54, 1.807) is 11.8 Å². The van der Waals surface area contributed by atoms with Crippen LogP contribution >= 0.6 is 35.0 Å². The van der Waals surface area contributed by atoms with E-state index in [0.29, 0.717) is 16.8 Å². The number of nitrogens with zero attached hydrogens (tertiary/aromatic N) is 2. The molecule has 0 bridgehead atoms. The van der Waals surface area contributed by atoms with Gasteiger partial charge in [-0.3, -0.25) is 0 Å². The average Bonchev–Trinajstić information content (AvgIpc) is 3.00. The molecule has 21 heavy (non-hydrogen) atoms. The molecule has 0 unspecified atom stereocenters. The first-order valence-corrected chi connectivity index (χ1v) is 8.87. The van der Waals surface area contributed by atoms with E-state index in [0.717, 1.165) is 21.4 Å². The van der Waals surface area contributed by atoms with Gasteiger partial charge in [0.05, 0.1) is 10.8 Å². The molecule has 1 aliphatic carbocycles. The van der Waals surface area contributed by atoms with Crippen LogP contribution in [0.25, 0.3) is 0 Å². The maximum atomic E-state index is 6.17. The maximum Gasteiger partial charge on any atom is 0.140 e. The van der Waals surface area contributed by atoms with Crippen LogP contribution in [-0.4, -0.2) is 9.97 Å². The summed E-state index contributed by atoms with van der Waals surface area (Å²) < 4.78 is 0. The molecule has 0 saturated heterocycles. The topological polar surface area (TPSA) is 25.8 Å². The van der Waals surface area contributed by atoms with Gasteiger partial charge in [-0.2, -0.15) is 0 Å². The molecule has 110 valence electrons. The second-order valence-electron chi connectivity index (χ2n) is 5.23. The minimum absolute atomic E-state index is 0.543. The number of benzene rings is 1. The van der Waals surface area contributed by atoms with Crippen LogP contribution in [0.1, 0.15) is 43.1 Å². The highest BCUT2D eigenvalue weighted by Gasteiger charge is 2.19. The standard InChI is InChI=1S/C16H16Cl2N2S/c17-12-7-3-4-8-14(12)21-10-16-19-13(9-15(18)20-16)11-5-1-2-6-11/h3-4,7-9,11H,1-2,5-6,10H2. The van der Waals surface area contributed by atoms with E-state index in [9.17, 15) is 0 Å². The van der Waals surface area contributed by atoms with Gasteiger partial charge in [0.15, 0.2) is 0 Å². The summed E-state index contributed by atoms with van der Waals surface area (Å²) in [6, 6.07) is 9.74. The van der Waals surface area contributed by atoms with E-state index in [1.165, 1.54) is 25.7 Å². The second-order valence-corrected chi connectivity index (χ2v) is 7.04. The van der Waals surface area contributed by atoms with Crippen molar-refractivity contribution < 1.29 is 0 Å². The first-order valence-electron chi connectivity index (χ1n) is 7.13. The maximum absolute atomic E-state index is 6.17. The zero-order valence-corrected chi connectivity index (χ0v) is 13.9. The van der Waals surface area contributed by atoms with Crippen molar-refractivity contribution in [2.24, 2.45) is 0 Å². The van der Waals surface area contributed by atoms with Crippen molar-refractivity contribution in [3.63, 3.8) is 0 Å². The Kier molecular flexibility index (Phi) is 5.04. The van der Waals surface area contributed by atoms with Crippen LogP contribution in [0, 0.1) is 0 Å². The highest BCUT2D eigenvalue weighted by molar-refractivity contribution is 7.98. The van der Waals surface area contributed by atoms with Gasteiger partial charge >= 0.3 is 0 Å². The molecule has 1 aromatic heterocycles. The lowest BCUT2D eigenvalue weighted by molar-refractivity contribution is 0.688. The van der Waals surface area contributed by atoms with Gasteiger partial charge in [-0.05, 0) is 31.0 Å². The van der Waals surface area contributed by atoms with E-state index in [2.05, 4.69) is 4.98 Å². The summed E-state index contributed by atoms with van der Waals surface area (Å²) in [5.74, 6) is 2.02. The van der Waals surface area contributed by atoms with Gasteiger partial charge in [0.25, 0.3) is 0 Å². The molecule has 0 N–H and O–H groups in total. The Morgan fingerprint density at radius 2 is 1.86 bits per heavy atom. The summed E-state index contributed by atoms with van der Waals surface area (Å²) in [6.07, 6.45) is 5.00. The Morgan fingerprint density at radius 3 is 2.62 bits per heavy atom. The molecule has 0 atom stereocenters. The van der Waals surface area contributed by atoms with Crippen LogP contribution in [0.5, 0.6) is 0 Å². The molecule has 5 heteroatoms. The van der Waals surface area contributed by atoms with Crippen molar-refractivity contribution in [1.29, 1.82) is 0 Å². The normalized spacial score (nSPS) is 15.5. The van der Waals surface area contributed by atoms with Crippen molar-refractivity contribution in [1.82, 2.24) is 9.97 Å². The number of hydrogen-bond acceptors (Lipinski definition) is 3. The fourth-order valence-electron chi connectivity index (χ4n) is 2.68. The summed E-state index contributed by atoms with van der Waals surface area (Å²) in [5, 5.41) is 1.31. The zero-order valence-electron chi connectivity index (χ0n) is 11.6. The van der Waals surface area contributed by atoms with Gasteiger partial charge in [0.1, 0.15) is 11.0 Å². The van der Waals surface area contributed by atoms with Crippen LogP contribution in [0.15, 0.2) is 35.2 Å². The van der Waals surface area contributed by atoms with Crippen LogP contribution in [0.4, 0.5) is 0 Å². The molecule has 1 aromatic carbocycles. The third-order valence-electron chi connectivity index (χ3n) is 3.73. The fraction of sp³-hybridized carbons (Fsp3) is 0.375. The molecule has 1 saturated carbocycles. The molecule has 0 aliphatic heterocycles. The number of thioether (sulfide) groups is 1. The van der Waals surface area contributed by atoms with Gasteiger partial charge in [-0.15, -0.1) is 11.8 Å². The highest BCUT2D eigenvalue weighted by Crippen LogP contribution is 2.34. The minimum Gasteiger partial charge on any atom is -0.237 e. The largest absolute Gasteiger partial charge is 0.237 e. The molecule has 2 nitrogen and oxygen atoms in total. The van der Waals surface area contributed by atoms with Crippen molar-refractivity contribution in [3.8, 4) is 0 Å². The Labute approximate surface area is 139 Å². The molecule has 1 aliphatic rings. The van der Waals surface area contributed by atoms with Crippen LogP contribution in [-0.2, 0) is 5.75 Å². The molecular formula is C16H16Cl2N2S. The average molecular weight is 339 g/mol. The molecule has 0 radical (unpaired) electrons. The lowest BCUT2D eigenvalue weighted by atomic mass is 10.0. The second kappa shape index (κ2) is 6.99. The fourth-order valence-corrected chi connectivity index (χ4v) is 3.99. The SMILES string of the molecule is Clc1cc(C2CCCC2)nc(CSc2ccccc2Cl)n1. The third-order valence-corrected chi connectivity index (χ3v) is 5.43. The van der Waals surface area contributed by atoms with Crippen molar-refractivity contribution >= 4 is 35.0 Å². The zero-order chi connectivity index (χ0) is 14.7. The quantitative estimate of drug-likeness (QED) is 0.525. The number of rotatable bonds is 4. The summed E-state index contributed by atoms with van der Waals surface area (Å²) in [7, 11) is 0. The predicted molar refractivity (Wildman–Crippen MR) is 89.3 cm³/mol. The predicted octanol–water partition coefficient (Wildman–Crippen LogP) is 5.73. The van der Waals surface area contributed by atoms with Crippen molar-refractivity contribution in [2.75, 3.05) is 0 Å². The first kappa shape index (κ1) is 15.1. The minimum atomic E-state index is 0.543. The van der Waals surface area contributed by atoms with Gasteiger partial charge in [0.2, 0.25) is 0 Å². The van der Waals surface area contributed by atoms with Gasteiger partial charge in [-0.25, -0.2) is 9.97 Å². The molecule has 2 aromatic rings. The molecular weight excluding hydrogens is 323 g/mol. The van der Waals surface area contributed by atoms with E-state index >= 15 is 0 Å². The molecule has 1 fully saturated rings. The number of aromatic nitrogens is 2. The van der Waals surface area contributed by atoms with Gasteiger partial charge < -0.3 is 0 Å². The van der Waals surface area contributed by atoms with Gasteiger partial charge in [-0.1, -0.05) is 48.2 Å². The van der Waals surface area contributed by atoms with Crippen LogP contribution in [0.3, 0.4) is 0 Å². The van der Waals surface area contributed by atoms with Crippen molar-refractivity contribution in [3.05, 3.63) is 52.0 Å². The van der Waals surface area contributed by atoms with E-state index in [-0.39, 0.29) is 0 Å². The Morgan fingerprint density at radius 1 is 1.10 bits per heavy atom. The van der Waals surface area contributed by atoms with E-state index in [1.807, 2.05) is 30.3 Å². The lowest BCUT2D eigenvalue weighted by Gasteiger charge is -2.10. The first-order chi connectivity index (χ1) is 10.2. The monoisotopic (exact) mass is 338 g/mol. The molecule has 0 spiro atoms. The van der Waals surface area contributed by atoms with Crippen LogP contribution in [0.2, 0.25) is 10.2 Å².